The third-order valence-electron chi connectivity index (χ3n) is 6.42. The molecular formula is C27H22ClN7. The van der Waals surface area contributed by atoms with Crippen molar-refractivity contribution in [1.82, 2.24) is 29.6 Å². The predicted molar refractivity (Wildman–Crippen MR) is 139 cm³/mol. The van der Waals surface area contributed by atoms with E-state index in [1.165, 1.54) is 0 Å². The van der Waals surface area contributed by atoms with E-state index in [-0.39, 0.29) is 0 Å². The van der Waals surface area contributed by atoms with Gasteiger partial charge in [0.2, 0.25) is 0 Å². The Bertz CT molecular complexity index is 1710. The number of aryl methyl sites for hydroxylation is 2. The van der Waals surface area contributed by atoms with Gasteiger partial charge in [-0.05, 0) is 57.8 Å². The first kappa shape index (κ1) is 21.5. The number of rotatable bonds is 4. The smallest absolute Gasteiger partial charge is 0.189 e. The van der Waals surface area contributed by atoms with E-state index >= 15 is 0 Å². The summed E-state index contributed by atoms with van der Waals surface area (Å²) in [6.45, 7) is 2.48. The highest BCUT2D eigenvalue weighted by atomic mass is 35.5. The molecule has 6 rings (SSSR count). The van der Waals surface area contributed by atoms with E-state index in [9.17, 15) is 0 Å². The molecule has 0 atom stereocenters. The maximum absolute atomic E-state index is 6.28. The molecular weight excluding hydrogens is 458 g/mol. The molecule has 0 saturated heterocycles. The SMILES string of the molecule is Cc1cccc(-c2c(-c3cncn3C)c3nnnn3c3ccc(CN)c(-c4ccc(Cl)cc4)c23)c1. The average molecular weight is 480 g/mol. The van der Waals surface area contributed by atoms with Crippen LogP contribution in [0.25, 0.3) is 50.1 Å². The summed E-state index contributed by atoms with van der Waals surface area (Å²) in [7, 11) is 1.98. The minimum Gasteiger partial charge on any atom is -0.334 e. The largest absolute Gasteiger partial charge is 0.334 e. The van der Waals surface area contributed by atoms with Crippen LogP contribution in [-0.4, -0.2) is 29.6 Å². The zero-order valence-corrected chi connectivity index (χ0v) is 20.0. The van der Waals surface area contributed by atoms with Crippen LogP contribution in [0.3, 0.4) is 0 Å². The van der Waals surface area contributed by atoms with Crippen molar-refractivity contribution in [1.29, 1.82) is 0 Å². The molecule has 0 aliphatic rings. The highest BCUT2D eigenvalue weighted by Gasteiger charge is 2.25. The van der Waals surface area contributed by atoms with Crippen LogP contribution in [-0.2, 0) is 13.6 Å². The second-order valence-electron chi connectivity index (χ2n) is 8.63. The van der Waals surface area contributed by atoms with Gasteiger partial charge in [-0.3, -0.25) is 0 Å². The monoisotopic (exact) mass is 479 g/mol. The van der Waals surface area contributed by atoms with Gasteiger partial charge in [-0.1, -0.05) is 59.6 Å². The number of fused-ring (bicyclic) bond motifs is 3. The molecule has 8 heteroatoms. The first-order chi connectivity index (χ1) is 17.1. The van der Waals surface area contributed by atoms with Crippen molar-refractivity contribution in [2.75, 3.05) is 0 Å². The van der Waals surface area contributed by atoms with Crippen LogP contribution in [0.1, 0.15) is 11.1 Å². The van der Waals surface area contributed by atoms with Gasteiger partial charge in [0.05, 0.1) is 29.3 Å². The summed E-state index contributed by atoms with van der Waals surface area (Å²) >= 11 is 6.24. The van der Waals surface area contributed by atoms with E-state index in [1.807, 2.05) is 48.1 Å². The molecule has 0 fully saturated rings. The standard InChI is InChI=1S/C27H22ClN7/c1-16-4-3-5-18(12-16)24-25-21(11-8-19(13-29)23(25)17-6-9-20(28)10-7-17)35-27(31-32-33-35)26(24)22-14-30-15-34(22)2/h3-12,14-15H,13,29H2,1-2H3. The van der Waals surface area contributed by atoms with Crippen molar-refractivity contribution in [2.24, 2.45) is 12.8 Å². The lowest BCUT2D eigenvalue weighted by molar-refractivity contribution is 0.841. The molecule has 0 aliphatic heterocycles. The Hall–Kier alpha value is -4.07. The number of imidazole rings is 1. The van der Waals surface area contributed by atoms with Crippen LogP contribution in [0.5, 0.6) is 0 Å². The molecule has 3 aromatic carbocycles. The summed E-state index contributed by atoms with van der Waals surface area (Å²) in [5, 5.41) is 14.6. The molecule has 3 heterocycles. The van der Waals surface area contributed by atoms with E-state index in [0.29, 0.717) is 17.2 Å². The molecule has 0 unspecified atom stereocenters. The summed E-state index contributed by atoms with van der Waals surface area (Å²) in [6, 6.07) is 20.5. The van der Waals surface area contributed by atoms with Gasteiger partial charge in [0.15, 0.2) is 5.65 Å². The molecule has 0 aliphatic carbocycles. The Morgan fingerprint density at radius 1 is 0.943 bits per heavy atom. The zero-order chi connectivity index (χ0) is 24.1. The normalized spacial score (nSPS) is 11.5. The summed E-state index contributed by atoms with van der Waals surface area (Å²) in [5.41, 5.74) is 16.0. The number of nitrogens with zero attached hydrogens (tertiary/aromatic N) is 6. The molecule has 0 saturated carbocycles. The van der Waals surface area contributed by atoms with Crippen LogP contribution in [0.4, 0.5) is 0 Å². The van der Waals surface area contributed by atoms with Gasteiger partial charge in [-0.2, -0.15) is 4.52 Å². The van der Waals surface area contributed by atoms with Gasteiger partial charge in [0, 0.05) is 29.6 Å². The minimum absolute atomic E-state index is 0.385. The summed E-state index contributed by atoms with van der Waals surface area (Å²) in [6.07, 6.45) is 3.64. The molecule has 172 valence electrons. The van der Waals surface area contributed by atoms with Crippen molar-refractivity contribution < 1.29 is 0 Å². The zero-order valence-electron chi connectivity index (χ0n) is 19.3. The van der Waals surface area contributed by atoms with E-state index in [2.05, 4.69) is 57.8 Å². The fourth-order valence-corrected chi connectivity index (χ4v) is 4.98. The second-order valence-corrected chi connectivity index (χ2v) is 9.06. The summed E-state index contributed by atoms with van der Waals surface area (Å²) in [4.78, 5) is 4.40. The molecule has 35 heavy (non-hydrogen) atoms. The van der Waals surface area contributed by atoms with Crippen LogP contribution < -0.4 is 5.73 Å². The second kappa shape index (κ2) is 8.30. The molecule has 6 aromatic rings. The van der Waals surface area contributed by atoms with Crippen LogP contribution in [0.2, 0.25) is 5.02 Å². The number of nitrogens with two attached hydrogens (primary N) is 1. The van der Waals surface area contributed by atoms with Gasteiger partial charge < -0.3 is 10.3 Å². The Kier molecular flexibility index (Phi) is 5.09. The average Bonchev–Trinajstić information content (AvgIpc) is 3.52. The molecule has 2 N–H and O–H groups in total. The molecule has 0 spiro atoms. The van der Waals surface area contributed by atoms with E-state index < -0.39 is 0 Å². The van der Waals surface area contributed by atoms with Crippen molar-refractivity contribution in [3.05, 3.63) is 89.3 Å². The van der Waals surface area contributed by atoms with E-state index in [4.69, 9.17) is 17.3 Å². The third-order valence-corrected chi connectivity index (χ3v) is 6.68. The number of pyridine rings is 1. The van der Waals surface area contributed by atoms with Crippen LogP contribution >= 0.6 is 11.6 Å². The molecule has 7 nitrogen and oxygen atoms in total. The lowest BCUT2D eigenvalue weighted by Gasteiger charge is -2.20. The maximum Gasteiger partial charge on any atom is 0.189 e. The summed E-state index contributed by atoms with van der Waals surface area (Å²) in [5.74, 6) is 0. The van der Waals surface area contributed by atoms with Gasteiger partial charge in [0.1, 0.15) is 0 Å². The number of hydrogen-bond donors (Lipinski definition) is 1. The minimum atomic E-state index is 0.385. The maximum atomic E-state index is 6.28. The number of benzene rings is 3. The first-order valence-electron chi connectivity index (χ1n) is 11.3. The molecule has 0 radical (unpaired) electrons. The number of aromatic nitrogens is 6. The third kappa shape index (κ3) is 3.39. The molecule has 0 bridgehead atoms. The Labute approximate surface area is 206 Å². The van der Waals surface area contributed by atoms with Gasteiger partial charge in [-0.15, -0.1) is 5.10 Å². The fourth-order valence-electron chi connectivity index (χ4n) is 4.85. The van der Waals surface area contributed by atoms with Crippen LogP contribution in [0.15, 0.2) is 73.2 Å². The summed E-state index contributed by atoms with van der Waals surface area (Å²) < 4.78 is 3.79. The van der Waals surface area contributed by atoms with E-state index in [1.54, 1.807) is 10.8 Å². The number of tetrazole rings is 1. The van der Waals surface area contributed by atoms with Crippen molar-refractivity contribution in [3.8, 4) is 33.5 Å². The highest BCUT2D eigenvalue weighted by molar-refractivity contribution is 6.30. The molecule has 0 amide bonds. The topological polar surface area (TPSA) is 86.9 Å². The van der Waals surface area contributed by atoms with Gasteiger partial charge >= 0.3 is 0 Å². The van der Waals surface area contributed by atoms with Gasteiger partial charge in [-0.25, -0.2) is 4.98 Å². The van der Waals surface area contributed by atoms with Crippen molar-refractivity contribution in [2.45, 2.75) is 13.5 Å². The van der Waals surface area contributed by atoms with Gasteiger partial charge in [0.25, 0.3) is 0 Å². The Balaban J connectivity index is 1.91. The van der Waals surface area contributed by atoms with Crippen LogP contribution in [0, 0.1) is 6.92 Å². The highest BCUT2D eigenvalue weighted by Crippen LogP contribution is 2.45. The predicted octanol–water partition coefficient (Wildman–Crippen LogP) is 5.43. The lowest BCUT2D eigenvalue weighted by Crippen LogP contribution is -2.05. The first-order valence-corrected chi connectivity index (χ1v) is 11.6. The quantitative estimate of drug-likeness (QED) is 0.364. The lowest BCUT2D eigenvalue weighted by atomic mass is 9.87. The van der Waals surface area contributed by atoms with Crippen molar-refractivity contribution >= 4 is 28.2 Å². The number of halogens is 1. The Morgan fingerprint density at radius 2 is 1.77 bits per heavy atom. The number of hydrogen-bond acceptors (Lipinski definition) is 5. The van der Waals surface area contributed by atoms with Crippen molar-refractivity contribution in [3.63, 3.8) is 0 Å². The fraction of sp³-hybridized carbons (Fsp3) is 0.111. The molecule has 3 aromatic heterocycles. The van der Waals surface area contributed by atoms with E-state index in [0.717, 1.165) is 55.5 Å². The Morgan fingerprint density at radius 3 is 2.49 bits per heavy atom.